The maximum atomic E-state index is 14.2. The predicted molar refractivity (Wildman–Crippen MR) is 80.1 cm³/mol. The van der Waals surface area contributed by atoms with Crippen molar-refractivity contribution in [2.24, 2.45) is 0 Å². The van der Waals surface area contributed by atoms with E-state index in [4.69, 9.17) is 4.74 Å². The molecule has 0 atom stereocenters. The van der Waals surface area contributed by atoms with Crippen molar-refractivity contribution < 1.29 is 17.5 Å². The summed E-state index contributed by atoms with van der Waals surface area (Å²) < 4.78 is 47.3. The van der Waals surface area contributed by atoms with E-state index in [2.05, 4.69) is 9.71 Å². The third-order valence-electron chi connectivity index (χ3n) is 5.01. The molecule has 0 unspecified atom stereocenters. The standard InChI is InChI=1S/C15H21FN2O3S/c1-11-9-12(10-17-13(11)21-2)22(19,20)18-15-6-3-14(16,4-7-15)5-8-15/h9-10,18H,3-8H2,1-2H3. The minimum Gasteiger partial charge on any atom is -0.481 e. The van der Waals surface area contributed by atoms with Gasteiger partial charge in [0.2, 0.25) is 15.9 Å². The molecule has 3 fully saturated rings. The Morgan fingerprint density at radius 1 is 1.23 bits per heavy atom. The summed E-state index contributed by atoms with van der Waals surface area (Å²) in [4.78, 5) is 4.15. The van der Waals surface area contributed by atoms with Crippen LogP contribution in [0.3, 0.4) is 0 Å². The first-order valence-electron chi connectivity index (χ1n) is 7.51. The molecule has 0 aromatic carbocycles. The Hall–Kier alpha value is -1.21. The van der Waals surface area contributed by atoms with Gasteiger partial charge in [0, 0.05) is 11.1 Å². The van der Waals surface area contributed by atoms with Crippen LogP contribution in [0.2, 0.25) is 0 Å². The Balaban J connectivity index is 1.83. The lowest BCUT2D eigenvalue weighted by Gasteiger charge is -2.49. The van der Waals surface area contributed by atoms with Crippen molar-refractivity contribution in [2.75, 3.05) is 7.11 Å². The van der Waals surface area contributed by atoms with Crippen LogP contribution in [0, 0.1) is 6.92 Å². The smallest absolute Gasteiger partial charge is 0.242 e. The van der Waals surface area contributed by atoms with Crippen molar-refractivity contribution in [3.8, 4) is 5.88 Å². The van der Waals surface area contributed by atoms with E-state index >= 15 is 0 Å². The summed E-state index contributed by atoms with van der Waals surface area (Å²) in [6.45, 7) is 1.75. The highest BCUT2D eigenvalue weighted by molar-refractivity contribution is 7.89. The van der Waals surface area contributed by atoms with Gasteiger partial charge in [-0.25, -0.2) is 22.5 Å². The van der Waals surface area contributed by atoms with Crippen LogP contribution >= 0.6 is 0 Å². The molecule has 3 aliphatic carbocycles. The zero-order valence-electron chi connectivity index (χ0n) is 12.9. The summed E-state index contributed by atoms with van der Waals surface area (Å²) in [5.74, 6) is 0.412. The number of pyridine rings is 1. The maximum absolute atomic E-state index is 14.2. The highest BCUT2D eigenvalue weighted by Gasteiger charge is 2.50. The summed E-state index contributed by atoms with van der Waals surface area (Å²) in [6.07, 6.45) is 4.30. The molecule has 7 heteroatoms. The fourth-order valence-corrected chi connectivity index (χ4v) is 5.05. The number of nitrogens with one attached hydrogen (secondary N) is 1. The first-order valence-corrected chi connectivity index (χ1v) is 9.00. The van der Waals surface area contributed by atoms with Gasteiger partial charge in [0.05, 0.1) is 13.3 Å². The fraction of sp³-hybridized carbons (Fsp3) is 0.667. The van der Waals surface area contributed by atoms with Crippen LogP contribution in [0.5, 0.6) is 5.88 Å². The SMILES string of the molecule is COc1ncc(S(=O)(=O)NC23CCC(F)(CC2)CC3)cc1C. The molecule has 4 rings (SSSR count). The normalized spacial score (nSPS) is 31.2. The quantitative estimate of drug-likeness (QED) is 0.922. The minimum absolute atomic E-state index is 0.128. The number of sulfonamides is 1. The molecule has 22 heavy (non-hydrogen) atoms. The molecule has 3 saturated carbocycles. The molecular formula is C15H21FN2O3S. The van der Waals surface area contributed by atoms with Crippen LogP contribution in [0.15, 0.2) is 17.2 Å². The van der Waals surface area contributed by atoms with Crippen LogP contribution in [-0.2, 0) is 10.0 Å². The van der Waals surface area contributed by atoms with Gasteiger partial charge in [0.25, 0.3) is 0 Å². The summed E-state index contributed by atoms with van der Waals surface area (Å²) in [5.41, 5.74) is -0.913. The average Bonchev–Trinajstić information content (AvgIpc) is 2.48. The Morgan fingerprint density at radius 2 is 1.82 bits per heavy atom. The van der Waals surface area contributed by atoms with Crippen LogP contribution in [0.1, 0.15) is 44.1 Å². The summed E-state index contributed by atoms with van der Waals surface area (Å²) >= 11 is 0. The molecule has 0 radical (unpaired) electrons. The molecule has 1 heterocycles. The Labute approximate surface area is 130 Å². The lowest BCUT2D eigenvalue weighted by atomic mass is 9.65. The van der Waals surface area contributed by atoms with Crippen molar-refractivity contribution in [1.29, 1.82) is 0 Å². The van der Waals surface area contributed by atoms with E-state index in [0.717, 1.165) is 0 Å². The minimum atomic E-state index is -3.66. The molecule has 122 valence electrons. The number of aryl methyl sites for hydroxylation is 1. The van der Waals surface area contributed by atoms with Crippen LogP contribution < -0.4 is 9.46 Å². The number of aromatic nitrogens is 1. The molecule has 2 bridgehead atoms. The maximum Gasteiger partial charge on any atom is 0.242 e. The van der Waals surface area contributed by atoms with Gasteiger partial charge in [-0.1, -0.05) is 0 Å². The van der Waals surface area contributed by atoms with E-state index in [0.29, 0.717) is 50.0 Å². The van der Waals surface area contributed by atoms with Crippen molar-refractivity contribution in [2.45, 2.75) is 61.6 Å². The van der Waals surface area contributed by atoms with E-state index in [9.17, 15) is 12.8 Å². The van der Waals surface area contributed by atoms with Crippen molar-refractivity contribution in [1.82, 2.24) is 9.71 Å². The second-order valence-corrected chi connectivity index (χ2v) is 8.22. The monoisotopic (exact) mass is 328 g/mol. The number of alkyl halides is 1. The number of hydrogen-bond donors (Lipinski definition) is 1. The number of nitrogens with zero attached hydrogens (tertiary/aromatic N) is 1. The van der Waals surface area contributed by atoms with Gasteiger partial charge in [-0.15, -0.1) is 0 Å². The first kappa shape index (κ1) is 15.7. The lowest BCUT2D eigenvalue weighted by molar-refractivity contribution is 0.000965. The topological polar surface area (TPSA) is 68.3 Å². The first-order chi connectivity index (χ1) is 10.3. The molecule has 5 nitrogen and oxygen atoms in total. The highest BCUT2D eigenvalue weighted by atomic mass is 32.2. The Kier molecular flexibility index (Phi) is 3.68. The predicted octanol–water partition coefficient (Wildman–Crippen LogP) is 2.49. The van der Waals surface area contributed by atoms with Crippen LogP contribution in [-0.4, -0.2) is 31.7 Å². The molecule has 0 amide bonds. The Morgan fingerprint density at radius 3 is 2.32 bits per heavy atom. The molecule has 1 aromatic rings. The van der Waals surface area contributed by atoms with Crippen molar-refractivity contribution in [3.63, 3.8) is 0 Å². The molecule has 1 aromatic heterocycles. The number of hydrogen-bond acceptors (Lipinski definition) is 4. The van der Waals surface area contributed by atoms with Gasteiger partial charge in [-0.3, -0.25) is 0 Å². The zero-order valence-corrected chi connectivity index (χ0v) is 13.7. The summed E-state index contributed by atoms with van der Waals surface area (Å²) in [7, 11) is -2.17. The highest BCUT2D eigenvalue weighted by Crippen LogP contribution is 2.49. The van der Waals surface area contributed by atoms with Gasteiger partial charge in [0.1, 0.15) is 10.6 Å². The van der Waals surface area contributed by atoms with Crippen molar-refractivity contribution in [3.05, 3.63) is 17.8 Å². The van der Waals surface area contributed by atoms with E-state index in [-0.39, 0.29) is 4.90 Å². The molecule has 1 N–H and O–H groups in total. The number of halogens is 1. The lowest BCUT2D eigenvalue weighted by Crippen LogP contribution is -2.57. The molecule has 3 aliphatic rings. The van der Waals surface area contributed by atoms with E-state index in [1.807, 2.05) is 0 Å². The van der Waals surface area contributed by atoms with Gasteiger partial charge >= 0.3 is 0 Å². The van der Waals surface area contributed by atoms with E-state index < -0.39 is 21.2 Å². The molecule has 0 saturated heterocycles. The van der Waals surface area contributed by atoms with Gasteiger partial charge in [-0.2, -0.15) is 0 Å². The third-order valence-corrected chi connectivity index (χ3v) is 6.56. The number of rotatable bonds is 4. The third kappa shape index (κ3) is 2.72. The van der Waals surface area contributed by atoms with Gasteiger partial charge in [-0.05, 0) is 51.5 Å². The number of ether oxygens (including phenoxy) is 1. The molecular weight excluding hydrogens is 307 g/mol. The zero-order chi connectivity index (χ0) is 16.0. The summed E-state index contributed by atoms with van der Waals surface area (Å²) in [6, 6.07) is 1.55. The average molecular weight is 328 g/mol. The fourth-order valence-electron chi connectivity index (χ4n) is 3.53. The molecule has 0 spiro atoms. The van der Waals surface area contributed by atoms with Crippen LogP contribution in [0.4, 0.5) is 4.39 Å². The largest absolute Gasteiger partial charge is 0.481 e. The van der Waals surface area contributed by atoms with E-state index in [1.54, 1.807) is 13.0 Å². The number of methoxy groups -OCH3 is 1. The molecule has 0 aliphatic heterocycles. The van der Waals surface area contributed by atoms with Crippen molar-refractivity contribution >= 4 is 10.0 Å². The Bertz CT molecular complexity index is 665. The summed E-state index contributed by atoms with van der Waals surface area (Å²) in [5, 5.41) is 0. The van der Waals surface area contributed by atoms with Crippen LogP contribution in [0.25, 0.3) is 0 Å². The van der Waals surface area contributed by atoms with E-state index in [1.165, 1.54) is 13.3 Å². The van der Waals surface area contributed by atoms with Gasteiger partial charge in [0.15, 0.2) is 0 Å². The second kappa shape index (κ2) is 5.16. The van der Waals surface area contributed by atoms with Gasteiger partial charge < -0.3 is 4.74 Å². The number of fused-ring (bicyclic) bond motifs is 3. The second-order valence-electron chi connectivity index (χ2n) is 6.53.